The van der Waals surface area contributed by atoms with Gasteiger partial charge in [-0.15, -0.1) is 0 Å². The summed E-state index contributed by atoms with van der Waals surface area (Å²) < 4.78 is 9.21. The van der Waals surface area contributed by atoms with Gasteiger partial charge in [0.1, 0.15) is 5.76 Å². The molecule has 0 saturated heterocycles. The first-order chi connectivity index (χ1) is 6.39. The summed E-state index contributed by atoms with van der Waals surface area (Å²) in [5.74, 6) is -0.000803. The monoisotopic (exact) mass is 198 g/mol. The smallest absolute Gasteiger partial charge is 0.400 e. The van der Waals surface area contributed by atoms with E-state index in [4.69, 9.17) is 4.74 Å². The minimum absolute atomic E-state index is 0.580. The largest absolute Gasteiger partial charge is 0.521 e. The van der Waals surface area contributed by atoms with Crippen LogP contribution in [-0.2, 0) is 14.3 Å². The number of esters is 1. The first-order valence-corrected chi connectivity index (χ1v) is 4.53. The minimum atomic E-state index is -0.934. The Labute approximate surface area is 82.9 Å². The van der Waals surface area contributed by atoms with E-state index in [1.165, 1.54) is 0 Å². The summed E-state index contributed by atoms with van der Waals surface area (Å²) in [7, 11) is 0. The molecule has 4 nitrogen and oxygen atoms in total. The predicted octanol–water partition coefficient (Wildman–Crippen LogP) is 2.39. The quantitative estimate of drug-likeness (QED) is 0.479. The van der Waals surface area contributed by atoms with Crippen molar-refractivity contribution in [2.75, 3.05) is 0 Å². The highest BCUT2D eigenvalue weighted by molar-refractivity contribution is 5.85. The van der Waals surface area contributed by atoms with Crippen LogP contribution in [0.5, 0.6) is 0 Å². The zero-order valence-corrected chi connectivity index (χ0v) is 8.62. The Kier molecular flexibility index (Phi) is 2.93. The molecule has 0 amide bonds. The zero-order chi connectivity index (χ0) is 10.8. The maximum atomic E-state index is 11.2. The van der Waals surface area contributed by atoms with Gasteiger partial charge in [0, 0.05) is 6.42 Å². The summed E-state index contributed by atoms with van der Waals surface area (Å²) in [4.78, 5) is 22.2. The van der Waals surface area contributed by atoms with E-state index in [2.05, 4.69) is 4.74 Å². The van der Waals surface area contributed by atoms with Crippen molar-refractivity contribution in [2.45, 2.75) is 33.6 Å². The Morgan fingerprint density at radius 3 is 2.29 bits per heavy atom. The van der Waals surface area contributed by atoms with Crippen molar-refractivity contribution in [2.24, 2.45) is 5.41 Å². The highest BCUT2D eigenvalue weighted by atomic mass is 16.7. The summed E-state index contributed by atoms with van der Waals surface area (Å²) in [6.07, 6.45) is 2.49. The molecular weight excluding hydrogens is 184 g/mol. The van der Waals surface area contributed by atoms with E-state index in [-0.39, 0.29) is 0 Å². The molecular formula is C10H14O4. The normalized spacial score (nSPS) is 15.2. The van der Waals surface area contributed by atoms with Crippen LogP contribution >= 0.6 is 0 Å². The van der Waals surface area contributed by atoms with Crippen molar-refractivity contribution in [1.82, 2.24) is 0 Å². The molecule has 0 aromatic heterocycles. The summed E-state index contributed by atoms with van der Waals surface area (Å²) in [5, 5.41) is 0. The lowest BCUT2D eigenvalue weighted by Gasteiger charge is -2.17. The van der Waals surface area contributed by atoms with Crippen LogP contribution in [-0.4, -0.2) is 12.1 Å². The zero-order valence-electron chi connectivity index (χ0n) is 8.62. The summed E-state index contributed by atoms with van der Waals surface area (Å²) in [6.45, 7) is 5.02. The fourth-order valence-electron chi connectivity index (χ4n) is 0.712. The van der Waals surface area contributed by atoms with Gasteiger partial charge in [-0.2, -0.15) is 0 Å². The van der Waals surface area contributed by atoms with Crippen LogP contribution in [0.2, 0.25) is 0 Å². The fourth-order valence-corrected chi connectivity index (χ4v) is 0.712. The van der Waals surface area contributed by atoms with Gasteiger partial charge in [0.05, 0.1) is 5.41 Å². The van der Waals surface area contributed by atoms with Crippen LogP contribution in [0.3, 0.4) is 0 Å². The van der Waals surface area contributed by atoms with Crippen LogP contribution in [0.4, 0.5) is 4.79 Å². The van der Waals surface area contributed by atoms with E-state index in [9.17, 15) is 9.59 Å². The van der Waals surface area contributed by atoms with E-state index in [1.54, 1.807) is 26.8 Å². The highest BCUT2D eigenvalue weighted by Crippen LogP contribution is 2.21. The van der Waals surface area contributed by atoms with E-state index in [0.717, 1.165) is 12.8 Å². The van der Waals surface area contributed by atoms with Gasteiger partial charge in [0.15, 0.2) is 0 Å². The molecule has 0 heterocycles. The average Bonchev–Trinajstić information content (AvgIpc) is 1.95. The Morgan fingerprint density at radius 2 is 1.93 bits per heavy atom. The Balaban J connectivity index is 2.37. The SMILES string of the molecule is CC(C)(C)C(=O)OC(=O)OC1=CCC1. The molecule has 1 rings (SSSR count). The maximum absolute atomic E-state index is 11.2. The molecule has 78 valence electrons. The molecule has 1 aliphatic carbocycles. The number of ether oxygens (including phenoxy) is 2. The van der Waals surface area contributed by atoms with Gasteiger partial charge >= 0.3 is 12.1 Å². The lowest BCUT2D eigenvalue weighted by molar-refractivity contribution is -0.148. The second-order valence-electron chi connectivity index (χ2n) is 4.20. The van der Waals surface area contributed by atoms with Gasteiger partial charge in [-0.25, -0.2) is 4.79 Å². The molecule has 0 saturated carbocycles. The second kappa shape index (κ2) is 3.82. The van der Waals surface area contributed by atoms with E-state index >= 15 is 0 Å². The lowest BCUT2D eigenvalue weighted by Crippen LogP contribution is -2.26. The maximum Gasteiger partial charge on any atom is 0.521 e. The molecule has 0 atom stereocenters. The molecule has 0 radical (unpaired) electrons. The third-order valence-electron chi connectivity index (χ3n) is 1.77. The fraction of sp³-hybridized carbons (Fsp3) is 0.600. The highest BCUT2D eigenvalue weighted by Gasteiger charge is 2.27. The third-order valence-corrected chi connectivity index (χ3v) is 1.77. The van der Waals surface area contributed by atoms with Crippen LogP contribution in [0.1, 0.15) is 33.6 Å². The van der Waals surface area contributed by atoms with E-state index in [1.807, 2.05) is 0 Å². The minimum Gasteiger partial charge on any atom is -0.400 e. The molecule has 14 heavy (non-hydrogen) atoms. The molecule has 0 aromatic carbocycles. The van der Waals surface area contributed by atoms with Crippen molar-refractivity contribution in [3.63, 3.8) is 0 Å². The number of allylic oxidation sites excluding steroid dienone is 2. The number of carbonyl (C=O) groups is 2. The predicted molar refractivity (Wildman–Crippen MR) is 49.3 cm³/mol. The topological polar surface area (TPSA) is 52.6 Å². The number of carbonyl (C=O) groups excluding carboxylic acids is 2. The van der Waals surface area contributed by atoms with Gasteiger partial charge < -0.3 is 9.47 Å². The summed E-state index contributed by atoms with van der Waals surface area (Å²) in [6, 6.07) is 0. The number of hydrogen-bond donors (Lipinski definition) is 0. The van der Waals surface area contributed by atoms with Crippen LogP contribution < -0.4 is 0 Å². The molecule has 0 aromatic rings. The van der Waals surface area contributed by atoms with Gasteiger partial charge in [-0.3, -0.25) is 4.79 Å². The molecule has 0 aliphatic heterocycles. The molecule has 0 bridgehead atoms. The molecule has 0 unspecified atom stereocenters. The van der Waals surface area contributed by atoms with E-state index in [0.29, 0.717) is 5.76 Å². The van der Waals surface area contributed by atoms with Crippen molar-refractivity contribution >= 4 is 12.1 Å². The Bertz CT molecular complexity index is 283. The lowest BCUT2D eigenvalue weighted by atomic mass is 9.98. The molecule has 0 N–H and O–H groups in total. The van der Waals surface area contributed by atoms with Gasteiger partial charge in [-0.1, -0.05) is 0 Å². The molecule has 0 fully saturated rings. The van der Waals surface area contributed by atoms with Gasteiger partial charge in [-0.05, 0) is 33.3 Å². The van der Waals surface area contributed by atoms with Crippen LogP contribution in [0.25, 0.3) is 0 Å². The Hall–Kier alpha value is -1.32. The van der Waals surface area contributed by atoms with Gasteiger partial charge in [0.2, 0.25) is 0 Å². The average molecular weight is 198 g/mol. The third kappa shape index (κ3) is 2.87. The van der Waals surface area contributed by atoms with Crippen molar-refractivity contribution in [3.05, 3.63) is 11.8 Å². The van der Waals surface area contributed by atoms with Crippen LogP contribution in [0, 0.1) is 5.41 Å². The van der Waals surface area contributed by atoms with Gasteiger partial charge in [0.25, 0.3) is 0 Å². The van der Waals surface area contributed by atoms with Crippen molar-refractivity contribution in [1.29, 1.82) is 0 Å². The summed E-state index contributed by atoms with van der Waals surface area (Å²) >= 11 is 0. The Morgan fingerprint density at radius 1 is 1.36 bits per heavy atom. The standard InChI is InChI=1S/C10H14O4/c1-10(2,3)8(11)14-9(12)13-7-5-4-6-7/h5H,4,6H2,1-3H3. The summed E-state index contributed by atoms with van der Waals surface area (Å²) in [5.41, 5.74) is -0.687. The first kappa shape index (κ1) is 10.8. The first-order valence-electron chi connectivity index (χ1n) is 4.53. The van der Waals surface area contributed by atoms with E-state index < -0.39 is 17.5 Å². The van der Waals surface area contributed by atoms with Crippen molar-refractivity contribution < 1.29 is 19.1 Å². The number of rotatable bonds is 1. The molecule has 1 aliphatic rings. The number of hydrogen-bond acceptors (Lipinski definition) is 4. The van der Waals surface area contributed by atoms with Crippen molar-refractivity contribution in [3.8, 4) is 0 Å². The van der Waals surface area contributed by atoms with Crippen LogP contribution in [0.15, 0.2) is 11.8 Å². The second-order valence-corrected chi connectivity index (χ2v) is 4.20. The molecule has 4 heteroatoms. The molecule has 0 spiro atoms.